The second-order valence-corrected chi connectivity index (χ2v) is 5.03. The predicted molar refractivity (Wildman–Crippen MR) is 77.7 cm³/mol. The van der Waals surface area contributed by atoms with E-state index < -0.39 is 0 Å². The summed E-state index contributed by atoms with van der Waals surface area (Å²) in [7, 11) is 0. The minimum Gasteiger partial charge on any atom is -0.489 e. The highest BCUT2D eigenvalue weighted by Crippen LogP contribution is 2.31. The topological polar surface area (TPSA) is 48.2 Å². The highest BCUT2D eigenvalue weighted by Gasteiger charge is 2.14. The molecule has 0 spiro atoms. The molecule has 0 N–H and O–H groups in total. The minimum atomic E-state index is 0.0737. The summed E-state index contributed by atoms with van der Waals surface area (Å²) in [5.41, 5.74) is 3.61. The fourth-order valence-corrected chi connectivity index (χ4v) is 2.06. The van der Waals surface area contributed by atoms with Gasteiger partial charge in [0, 0.05) is 6.20 Å². The standard InChI is InChI=1S/C16H16N2O2/c1-10(2)19-15-9-17-7-6-12(15)16-18-13-8-11(3)4-5-14(13)20-16/h4-10H,1-3H3. The van der Waals surface area contributed by atoms with Crippen molar-refractivity contribution in [1.82, 2.24) is 9.97 Å². The van der Waals surface area contributed by atoms with Crippen molar-refractivity contribution in [3.63, 3.8) is 0 Å². The number of aryl methyl sites for hydroxylation is 1. The maximum atomic E-state index is 5.81. The Kier molecular flexibility index (Phi) is 3.14. The second kappa shape index (κ2) is 4.96. The van der Waals surface area contributed by atoms with Gasteiger partial charge in [0.2, 0.25) is 5.89 Å². The van der Waals surface area contributed by atoms with Crippen LogP contribution in [0.5, 0.6) is 5.75 Å². The van der Waals surface area contributed by atoms with Crippen molar-refractivity contribution in [3.05, 3.63) is 42.2 Å². The third kappa shape index (κ3) is 2.37. The summed E-state index contributed by atoms with van der Waals surface area (Å²) in [6.45, 7) is 5.99. The van der Waals surface area contributed by atoms with Crippen LogP contribution in [0, 0.1) is 6.92 Å². The molecule has 3 aromatic rings. The second-order valence-electron chi connectivity index (χ2n) is 5.03. The molecule has 0 saturated heterocycles. The van der Waals surface area contributed by atoms with Crippen LogP contribution in [-0.2, 0) is 0 Å². The monoisotopic (exact) mass is 268 g/mol. The van der Waals surface area contributed by atoms with Crippen LogP contribution in [0.4, 0.5) is 0 Å². The zero-order valence-electron chi connectivity index (χ0n) is 11.8. The van der Waals surface area contributed by atoms with Crippen molar-refractivity contribution in [2.75, 3.05) is 0 Å². The minimum absolute atomic E-state index is 0.0737. The highest BCUT2D eigenvalue weighted by atomic mass is 16.5. The molecule has 0 aliphatic carbocycles. The molecular weight excluding hydrogens is 252 g/mol. The molecule has 0 unspecified atom stereocenters. The fraction of sp³-hybridized carbons (Fsp3) is 0.250. The number of hydrogen-bond acceptors (Lipinski definition) is 4. The van der Waals surface area contributed by atoms with Gasteiger partial charge >= 0.3 is 0 Å². The van der Waals surface area contributed by atoms with E-state index in [0.717, 1.165) is 22.2 Å². The third-order valence-electron chi connectivity index (χ3n) is 2.92. The van der Waals surface area contributed by atoms with Gasteiger partial charge in [-0.05, 0) is 44.5 Å². The first-order valence-corrected chi connectivity index (χ1v) is 6.62. The Balaban J connectivity index is 2.10. The van der Waals surface area contributed by atoms with Crippen molar-refractivity contribution in [2.45, 2.75) is 26.9 Å². The van der Waals surface area contributed by atoms with E-state index in [4.69, 9.17) is 9.15 Å². The zero-order valence-corrected chi connectivity index (χ0v) is 11.8. The number of fused-ring (bicyclic) bond motifs is 1. The highest BCUT2D eigenvalue weighted by molar-refractivity contribution is 5.78. The smallest absolute Gasteiger partial charge is 0.231 e. The summed E-state index contributed by atoms with van der Waals surface area (Å²) in [6.07, 6.45) is 3.47. The van der Waals surface area contributed by atoms with Crippen LogP contribution in [0.15, 0.2) is 41.1 Å². The fourth-order valence-electron chi connectivity index (χ4n) is 2.06. The van der Waals surface area contributed by atoms with Gasteiger partial charge in [-0.2, -0.15) is 0 Å². The van der Waals surface area contributed by atoms with Crippen molar-refractivity contribution in [3.8, 4) is 17.2 Å². The summed E-state index contributed by atoms with van der Waals surface area (Å²) < 4.78 is 11.6. The maximum absolute atomic E-state index is 5.81. The first kappa shape index (κ1) is 12.7. The predicted octanol–water partition coefficient (Wildman–Crippen LogP) is 3.99. The van der Waals surface area contributed by atoms with Gasteiger partial charge in [-0.15, -0.1) is 0 Å². The SMILES string of the molecule is Cc1ccc2oc(-c3ccncc3OC(C)C)nc2c1. The van der Waals surface area contributed by atoms with Gasteiger partial charge < -0.3 is 9.15 Å². The third-order valence-corrected chi connectivity index (χ3v) is 2.92. The zero-order chi connectivity index (χ0) is 14.1. The molecule has 0 aliphatic heterocycles. The maximum Gasteiger partial charge on any atom is 0.231 e. The van der Waals surface area contributed by atoms with Crippen molar-refractivity contribution in [1.29, 1.82) is 0 Å². The average Bonchev–Trinajstić information content (AvgIpc) is 2.81. The van der Waals surface area contributed by atoms with E-state index in [2.05, 4.69) is 9.97 Å². The Morgan fingerprint density at radius 2 is 2.05 bits per heavy atom. The van der Waals surface area contributed by atoms with Crippen LogP contribution >= 0.6 is 0 Å². The van der Waals surface area contributed by atoms with E-state index in [1.165, 1.54) is 0 Å². The van der Waals surface area contributed by atoms with Crippen LogP contribution in [0.3, 0.4) is 0 Å². The number of hydrogen-bond donors (Lipinski definition) is 0. The molecule has 1 aromatic carbocycles. The molecule has 102 valence electrons. The normalized spacial score (nSPS) is 11.2. The van der Waals surface area contributed by atoms with Crippen LogP contribution < -0.4 is 4.74 Å². The van der Waals surface area contributed by atoms with Gasteiger partial charge in [-0.3, -0.25) is 4.98 Å². The van der Waals surface area contributed by atoms with E-state index in [1.807, 2.05) is 45.0 Å². The van der Waals surface area contributed by atoms with Crippen LogP contribution in [0.25, 0.3) is 22.6 Å². The van der Waals surface area contributed by atoms with Crippen molar-refractivity contribution < 1.29 is 9.15 Å². The summed E-state index contributed by atoms with van der Waals surface area (Å²) in [6, 6.07) is 7.81. The van der Waals surface area contributed by atoms with Gasteiger partial charge in [0.05, 0.1) is 17.9 Å². The van der Waals surface area contributed by atoms with Crippen molar-refractivity contribution >= 4 is 11.1 Å². The van der Waals surface area contributed by atoms with Crippen LogP contribution in [-0.4, -0.2) is 16.1 Å². The quantitative estimate of drug-likeness (QED) is 0.720. The molecule has 0 aliphatic rings. The molecule has 4 heteroatoms. The first-order chi connectivity index (χ1) is 9.63. The Labute approximate surface area is 117 Å². The van der Waals surface area contributed by atoms with E-state index in [1.54, 1.807) is 12.4 Å². The number of pyridine rings is 1. The molecule has 2 heterocycles. The molecule has 20 heavy (non-hydrogen) atoms. The summed E-state index contributed by atoms with van der Waals surface area (Å²) >= 11 is 0. The van der Waals surface area contributed by atoms with Gasteiger partial charge in [0.25, 0.3) is 0 Å². The lowest BCUT2D eigenvalue weighted by Crippen LogP contribution is -2.06. The van der Waals surface area contributed by atoms with Gasteiger partial charge in [-0.1, -0.05) is 6.07 Å². The number of nitrogens with zero attached hydrogens (tertiary/aromatic N) is 2. The molecule has 0 saturated carbocycles. The van der Waals surface area contributed by atoms with Crippen LogP contribution in [0.1, 0.15) is 19.4 Å². The van der Waals surface area contributed by atoms with Crippen molar-refractivity contribution in [2.24, 2.45) is 0 Å². The number of rotatable bonds is 3. The molecular formula is C16H16N2O2. The van der Waals surface area contributed by atoms with E-state index in [9.17, 15) is 0 Å². The molecule has 4 nitrogen and oxygen atoms in total. The largest absolute Gasteiger partial charge is 0.489 e. The molecule has 3 rings (SSSR count). The lowest BCUT2D eigenvalue weighted by molar-refractivity contribution is 0.242. The Hall–Kier alpha value is -2.36. The van der Waals surface area contributed by atoms with Gasteiger partial charge in [0.15, 0.2) is 11.3 Å². The lowest BCUT2D eigenvalue weighted by Gasteiger charge is -2.11. The molecule has 0 amide bonds. The number of ether oxygens (including phenoxy) is 1. The number of oxazole rings is 1. The first-order valence-electron chi connectivity index (χ1n) is 6.62. The van der Waals surface area contributed by atoms with Gasteiger partial charge in [0.1, 0.15) is 5.52 Å². The Bertz CT molecular complexity index is 747. The van der Waals surface area contributed by atoms with E-state index in [-0.39, 0.29) is 6.10 Å². The number of benzene rings is 1. The lowest BCUT2D eigenvalue weighted by atomic mass is 10.2. The molecule has 0 bridgehead atoms. The Morgan fingerprint density at radius 1 is 1.20 bits per heavy atom. The van der Waals surface area contributed by atoms with Crippen LogP contribution in [0.2, 0.25) is 0 Å². The average molecular weight is 268 g/mol. The molecule has 2 aromatic heterocycles. The Morgan fingerprint density at radius 3 is 2.85 bits per heavy atom. The molecule has 0 radical (unpaired) electrons. The molecule has 0 fully saturated rings. The van der Waals surface area contributed by atoms with Gasteiger partial charge in [-0.25, -0.2) is 4.98 Å². The summed E-state index contributed by atoms with van der Waals surface area (Å²) in [5, 5.41) is 0. The summed E-state index contributed by atoms with van der Waals surface area (Å²) in [4.78, 5) is 8.63. The van der Waals surface area contributed by atoms with E-state index in [0.29, 0.717) is 11.6 Å². The summed E-state index contributed by atoms with van der Waals surface area (Å²) in [5.74, 6) is 1.24. The number of aromatic nitrogens is 2. The molecule has 0 atom stereocenters. The van der Waals surface area contributed by atoms with E-state index >= 15 is 0 Å².